The summed E-state index contributed by atoms with van der Waals surface area (Å²) in [6.45, 7) is 8.73. The van der Waals surface area contributed by atoms with Crippen molar-refractivity contribution in [2.75, 3.05) is 6.54 Å². The molecule has 0 fully saturated rings. The van der Waals surface area contributed by atoms with Crippen molar-refractivity contribution < 1.29 is 0 Å². The van der Waals surface area contributed by atoms with Crippen LogP contribution in [0.5, 0.6) is 0 Å². The lowest BCUT2D eigenvalue weighted by molar-refractivity contribution is 0.234. The maximum Gasteiger partial charge on any atom is 0.174 e. The number of aryl methyl sites for hydroxylation is 2. The second-order valence-corrected chi connectivity index (χ2v) is 8.34. The summed E-state index contributed by atoms with van der Waals surface area (Å²) >= 11 is 1.92. The van der Waals surface area contributed by atoms with Crippen molar-refractivity contribution in [2.45, 2.75) is 52.6 Å². The molecular formula is C16H22N4S. The third-order valence-electron chi connectivity index (χ3n) is 4.55. The van der Waals surface area contributed by atoms with Crippen molar-refractivity contribution in [3.63, 3.8) is 0 Å². The number of thiophene rings is 1. The fourth-order valence-corrected chi connectivity index (χ4v) is 4.72. The zero-order valence-electron chi connectivity index (χ0n) is 12.9. The van der Waals surface area contributed by atoms with Crippen molar-refractivity contribution in [2.24, 2.45) is 5.41 Å². The zero-order chi connectivity index (χ0) is 14.6. The number of hydrogen-bond acceptors (Lipinski definition) is 4. The normalized spacial score (nSPS) is 21.4. The molecule has 1 unspecified atom stereocenters. The van der Waals surface area contributed by atoms with Gasteiger partial charge in [-0.3, -0.25) is 0 Å². The second kappa shape index (κ2) is 4.65. The summed E-state index contributed by atoms with van der Waals surface area (Å²) in [6.07, 6.45) is 3.79. The number of hydrogen-bond donors (Lipinski definition) is 1. The predicted molar refractivity (Wildman–Crippen MR) is 85.6 cm³/mol. The van der Waals surface area contributed by atoms with Crippen molar-refractivity contribution in [3.05, 3.63) is 22.3 Å². The van der Waals surface area contributed by atoms with Crippen LogP contribution in [0.1, 0.15) is 49.5 Å². The van der Waals surface area contributed by atoms with Crippen molar-refractivity contribution in [3.8, 4) is 10.7 Å². The summed E-state index contributed by atoms with van der Waals surface area (Å²) in [7, 11) is 0. The molecule has 2 aromatic heterocycles. The van der Waals surface area contributed by atoms with Crippen LogP contribution in [0.2, 0.25) is 0 Å². The molecule has 0 saturated heterocycles. The molecule has 4 nitrogen and oxygen atoms in total. The van der Waals surface area contributed by atoms with Gasteiger partial charge >= 0.3 is 0 Å². The molecule has 1 aliphatic heterocycles. The molecule has 5 heteroatoms. The second-order valence-electron chi connectivity index (χ2n) is 7.20. The van der Waals surface area contributed by atoms with Gasteiger partial charge in [-0.2, -0.15) is 0 Å². The highest BCUT2D eigenvalue weighted by Gasteiger charge is 2.34. The highest BCUT2D eigenvalue weighted by Crippen LogP contribution is 2.39. The van der Waals surface area contributed by atoms with Gasteiger partial charge in [0.2, 0.25) is 0 Å². The Labute approximate surface area is 129 Å². The van der Waals surface area contributed by atoms with Gasteiger partial charge in [-0.1, -0.05) is 20.8 Å². The minimum absolute atomic E-state index is 0.152. The first-order valence-corrected chi connectivity index (χ1v) is 8.64. The molecule has 0 saturated carbocycles. The molecular weight excluding hydrogens is 280 g/mol. The van der Waals surface area contributed by atoms with E-state index in [1.54, 1.807) is 4.88 Å². The van der Waals surface area contributed by atoms with Gasteiger partial charge in [0.05, 0.1) is 10.9 Å². The number of nitrogens with zero attached hydrogens (tertiary/aromatic N) is 3. The Morgan fingerprint density at radius 2 is 2.14 bits per heavy atom. The first kappa shape index (κ1) is 13.5. The van der Waals surface area contributed by atoms with Crippen molar-refractivity contribution in [1.82, 2.24) is 20.1 Å². The predicted octanol–water partition coefficient (Wildman–Crippen LogP) is 3.19. The van der Waals surface area contributed by atoms with E-state index >= 15 is 0 Å². The van der Waals surface area contributed by atoms with E-state index in [1.165, 1.54) is 29.7 Å². The number of rotatable bonds is 1. The van der Waals surface area contributed by atoms with Gasteiger partial charge in [-0.05, 0) is 36.3 Å². The summed E-state index contributed by atoms with van der Waals surface area (Å²) in [6, 6.07) is 2.62. The van der Waals surface area contributed by atoms with Gasteiger partial charge in [0.25, 0.3) is 0 Å². The lowest BCUT2D eigenvalue weighted by atomic mass is 9.85. The molecule has 4 rings (SSSR count). The van der Waals surface area contributed by atoms with Crippen LogP contribution in [-0.4, -0.2) is 21.3 Å². The first-order chi connectivity index (χ1) is 10.0. The highest BCUT2D eigenvalue weighted by molar-refractivity contribution is 7.15. The summed E-state index contributed by atoms with van der Waals surface area (Å²) < 4.78 is 2.33. The average Bonchev–Trinajstić information content (AvgIpc) is 3.09. The van der Waals surface area contributed by atoms with Crippen molar-refractivity contribution in [1.29, 1.82) is 0 Å². The van der Waals surface area contributed by atoms with E-state index < -0.39 is 0 Å². The summed E-state index contributed by atoms with van der Waals surface area (Å²) in [5, 5.41) is 12.6. The average molecular weight is 302 g/mol. The van der Waals surface area contributed by atoms with E-state index in [0.29, 0.717) is 0 Å². The molecule has 2 aromatic rings. The summed E-state index contributed by atoms with van der Waals surface area (Å²) in [4.78, 5) is 2.86. The van der Waals surface area contributed by atoms with Gasteiger partial charge in [-0.25, -0.2) is 0 Å². The lowest BCUT2D eigenvalue weighted by Crippen LogP contribution is -2.40. The molecule has 1 atom stereocenters. The van der Waals surface area contributed by atoms with E-state index in [-0.39, 0.29) is 11.5 Å². The van der Waals surface area contributed by atoms with Crippen LogP contribution < -0.4 is 5.32 Å². The van der Waals surface area contributed by atoms with E-state index in [2.05, 4.69) is 46.9 Å². The monoisotopic (exact) mass is 302 g/mol. The molecule has 2 aliphatic rings. The minimum Gasteiger partial charge on any atom is -0.308 e. The van der Waals surface area contributed by atoms with Crippen LogP contribution in [0.15, 0.2) is 6.07 Å². The van der Waals surface area contributed by atoms with Crippen LogP contribution in [0.3, 0.4) is 0 Å². The molecule has 0 amide bonds. The molecule has 0 radical (unpaired) electrons. The number of fused-ring (bicyclic) bond motifs is 2. The molecule has 0 bridgehead atoms. The highest BCUT2D eigenvalue weighted by atomic mass is 32.1. The standard InChI is InChI=1S/C16H22N4S/c1-16(2,3)13-15-19-18-14(20(15)8-7-17-13)12-9-10-5-4-6-11(10)21-12/h9,13,17H,4-8H2,1-3H3. The third kappa shape index (κ3) is 2.14. The first-order valence-electron chi connectivity index (χ1n) is 7.82. The SMILES string of the molecule is CC(C)(C)C1NCCn2c(-c3cc4c(s3)CCC4)nnc21. The fraction of sp³-hybridized carbons (Fsp3) is 0.625. The smallest absolute Gasteiger partial charge is 0.174 e. The van der Waals surface area contributed by atoms with E-state index in [4.69, 9.17) is 0 Å². The van der Waals surface area contributed by atoms with Gasteiger partial charge < -0.3 is 9.88 Å². The topological polar surface area (TPSA) is 42.7 Å². The molecule has 0 spiro atoms. The summed E-state index contributed by atoms with van der Waals surface area (Å²) in [5.74, 6) is 2.16. The van der Waals surface area contributed by atoms with Gasteiger partial charge in [-0.15, -0.1) is 21.5 Å². The number of aromatic nitrogens is 3. The lowest BCUT2D eigenvalue weighted by Gasteiger charge is -2.34. The van der Waals surface area contributed by atoms with E-state index in [0.717, 1.165) is 24.7 Å². The summed E-state index contributed by atoms with van der Waals surface area (Å²) in [5.41, 5.74) is 1.69. The Morgan fingerprint density at radius 1 is 1.29 bits per heavy atom. The Hall–Kier alpha value is -1.20. The Balaban J connectivity index is 1.76. The van der Waals surface area contributed by atoms with Gasteiger partial charge in [0.15, 0.2) is 11.6 Å². The van der Waals surface area contributed by atoms with Gasteiger partial charge in [0, 0.05) is 18.0 Å². The van der Waals surface area contributed by atoms with Crippen LogP contribution >= 0.6 is 11.3 Å². The van der Waals surface area contributed by atoms with Crippen LogP contribution in [0.4, 0.5) is 0 Å². The van der Waals surface area contributed by atoms with Crippen LogP contribution in [0, 0.1) is 5.41 Å². The quantitative estimate of drug-likeness (QED) is 0.880. The molecule has 112 valence electrons. The fourth-order valence-electron chi connectivity index (χ4n) is 3.48. The van der Waals surface area contributed by atoms with E-state index in [1.807, 2.05) is 11.3 Å². The van der Waals surface area contributed by atoms with E-state index in [9.17, 15) is 0 Å². The maximum atomic E-state index is 4.53. The molecule has 3 heterocycles. The van der Waals surface area contributed by atoms with Crippen LogP contribution in [0.25, 0.3) is 10.7 Å². The molecule has 1 aliphatic carbocycles. The molecule has 1 N–H and O–H groups in total. The Kier molecular flexibility index (Phi) is 2.98. The molecule has 21 heavy (non-hydrogen) atoms. The third-order valence-corrected chi connectivity index (χ3v) is 5.79. The Bertz CT molecular complexity index is 655. The maximum absolute atomic E-state index is 4.53. The van der Waals surface area contributed by atoms with Gasteiger partial charge in [0.1, 0.15) is 0 Å². The Morgan fingerprint density at radius 3 is 2.90 bits per heavy atom. The minimum atomic E-state index is 0.152. The molecule has 0 aromatic carbocycles. The largest absolute Gasteiger partial charge is 0.308 e. The zero-order valence-corrected chi connectivity index (χ0v) is 13.8. The number of nitrogens with one attached hydrogen (secondary N) is 1. The van der Waals surface area contributed by atoms with Crippen LogP contribution in [-0.2, 0) is 19.4 Å². The van der Waals surface area contributed by atoms with Crippen molar-refractivity contribution >= 4 is 11.3 Å².